The first-order valence-electron chi connectivity index (χ1n) is 10.1. The predicted molar refractivity (Wildman–Crippen MR) is 119 cm³/mol. The van der Waals surface area contributed by atoms with Crippen molar-refractivity contribution in [3.05, 3.63) is 87.7 Å². The molecule has 0 unspecified atom stereocenters. The number of fused-ring (bicyclic) bond motifs is 1. The summed E-state index contributed by atoms with van der Waals surface area (Å²) < 4.78 is 40.1. The van der Waals surface area contributed by atoms with E-state index in [1.165, 1.54) is 24.3 Å². The van der Waals surface area contributed by atoms with E-state index in [9.17, 15) is 17.9 Å². The largest absolute Gasteiger partial charge is 0.507 e. The van der Waals surface area contributed by atoms with E-state index in [0.717, 1.165) is 48.2 Å². The summed E-state index contributed by atoms with van der Waals surface area (Å²) in [4.78, 5) is 2.24. The van der Waals surface area contributed by atoms with Crippen LogP contribution in [0.15, 0.2) is 64.4 Å². The first kappa shape index (κ1) is 21.8. The van der Waals surface area contributed by atoms with E-state index in [4.69, 9.17) is 11.6 Å². The summed E-state index contributed by atoms with van der Waals surface area (Å²) in [5.74, 6) is -0.702. The minimum Gasteiger partial charge on any atom is -0.507 e. The Balaban J connectivity index is 1.61. The molecule has 4 rings (SSSR count). The van der Waals surface area contributed by atoms with Gasteiger partial charge < -0.3 is 10.0 Å². The first-order valence-corrected chi connectivity index (χ1v) is 11.9. The molecule has 0 saturated heterocycles. The zero-order valence-corrected chi connectivity index (χ0v) is 18.7. The van der Waals surface area contributed by atoms with Crippen molar-refractivity contribution in [2.24, 2.45) is 0 Å². The van der Waals surface area contributed by atoms with E-state index in [1.54, 1.807) is 30.3 Å². The minimum atomic E-state index is -3.87. The lowest BCUT2D eigenvalue weighted by atomic mass is 10.0. The molecule has 0 saturated carbocycles. The number of rotatable bonds is 4. The molecule has 0 spiro atoms. The molecule has 1 aliphatic heterocycles. The summed E-state index contributed by atoms with van der Waals surface area (Å²) in [6.45, 7) is 1.72. The van der Waals surface area contributed by atoms with Gasteiger partial charge in [-0.05, 0) is 85.0 Å². The SMILES string of the molecule is CN1CCc2cc(O)c(S(=O)(=O)c3ccc(Cc4ccc(Cl)c(F)c4)cc3)cc2CC1. The number of likely N-dealkylation sites (N-methyl/N-ethyl adjacent to an activating group) is 1. The topological polar surface area (TPSA) is 57.6 Å². The third kappa shape index (κ3) is 4.61. The molecule has 0 bridgehead atoms. The molecule has 1 heterocycles. The second-order valence-electron chi connectivity index (χ2n) is 7.96. The van der Waals surface area contributed by atoms with Crippen LogP contribution in [0.25, 0.3) is 0 Å². The highest BCUT2D eigenvalue weighted by molar-refractivity contribution is 7.91. The maximum Gasteiger partial charge on any atom is 0.210 e. The summed E-state index contributed by atoms with van der Waals surface area (Å²) >= 11 is 5.72. The Bertz CT molecular complexity index is 1230. The Morgan fingerprint density at radius 3 is 2.23 bits per heavy atom. The van der Waals surface area contributed by atoms with Crippen LogP contribution in [0.4, 0.5) is 4.39 Å². The molecule has 3 aromatic carbocycles. The zero-order valence-electron chi connectivity index (χ0n) is 17.1. The van der Waals surface area contributed by atoms with E-state index < -0.39 is 15.7 Å². The van der Waals surface area contributed by atoms with Gasteiger partial charge in [0.05, 0.1) is 9.92 Å². The van der Waals surface area contributed by atoms with Crippen molar-refractivity contribution in [1.29, 1.82) is 0 Å². The van der Waals surface area contributed by atoms with Crippen molar-refractivity contribution in [3.63, 3.8) is 0 Å². The van der Waals surface area contributed by atoms with Crippen molar-refractivity contribution in [3.8, 4) is 5.75 Å². The Hall–Kier alpha value is -2.41. The Morgan fingerprint density at radius 1 is 0.968 bits per heavy atom. The maximum atomic E-state index is 13.7. The zero-order chi connectivity index (χ0) is 22.2. The highest BCUT2D eigenvalue weighted by atomic mass is 35.5. The molecule has 1 N–H and O–H groups in total. The number of nitrogens with zero attached hydrogens (tertiary/aromatic N) is 1. The first-order chi connectivity index (χ1) is 14.7. The number of hydrogen-bond acceptors (Lipinski definition) is 4. The molecule has 4 nitrogen and oxygen atoms in total. The molecule has 31 heavy (non-hydrogen) atoms. The number of hydrogen-bond donors (Lipinski definition) is 1. The summed E-state index contributed by atoms with van der Waals surface area (Å²) in [7, 11) is -1.84. The number of aromatic hydroxyl groups is 1. The van der Waals surface area contributed by atoms with Crippen LogP contribution in [0.1, 0.15) is 22.3 Å². The van der Waals surface area contributed by atoms with Gasteiger partial charge in [-0.2, -0.15) is 0 Å². The third-order valence-electron chi connectivity index (χ3n) is 5.72. The number of halogens is 2. The van der Waals surface area contributed by atoms with Gasteiger partial charge in [0.1, 0.15) is 16.5 Å². The third-order valence-corrected chi connectivity index (χ3v) is 7.83. The van der Waals surface area contributed by atoms with E-state index in [0.29, 0.717) is 6.42 Å². The van der Waals surface area contributed by atoms with Crippen molar-refractivity contribution in [1.82, 2.24) is 4.90 Å². The summed E-state index contributed by atoms with van der Waals surface area (Å²) in [6.07, 6.45) is 1.97. The van der Waals surface area contributed by atoms with Gasteiger partial charge in [0.25, 0.3) is 0 Å². The summed E-state index contributed by atoms with van der Waals surface area (Å²) in [6, 6.07) is 14.3. The highest BCUT2D eigenvalue weighted by Gasteiger charge is 2.24. The minimum absolute atomic E-state index is 0.0664. The van der Waals surface area contributed by atoms with Crippen LogP contribution in [0.2, 0.25) is 5.02 Å². The maximum absolute atomic E-state index is 13.7. The fraction of sp³-hybridized carbons (Fsp3) is 0.250. The lowest BCUT2D eigenvalue weighted by molar-refractivity contribution is 0.352. The van der Waals surface area contributed by atoms with Gasteiger partial charge in [0, 0.05) is 13.1 Å². The lowest BCUT2D eigenvalue weighted by Crippen LogP contribution is -2.20. The molecule has 0 aliphatic carbocycles. The average Bonchev–Trinajstić information content (AvgIpc) is 2.92. The van der Waals surface area contributed by atoms with E-state index in [1.807, 2.05) is 7.05 Å². The fourth-order valence-corrected chi connectivity index (χ4v) is 5.37. The monoisotopic (exact) mass is 459 g/mol. The van der Waals surface area contributed by atoms with E-state index >= 15 is 0 Å². The van der Waals surface area contributed by atoms with Crippen LogP contribution in [0.3, 0.4) is 0 Å². The highest BCUT2D eigenvalue weighted by Crippen LogP contribution is 2.33. The molecule has 3 aromatic rings. The van der Waals surface area contributed by atoms with Crippen LogP contribution in [0, 0.1) is 5.82 Å². The van der Waals surface area contributed by atoms with Gasteiger partial charge in [-0.15, -0.1) is 0 Å². The van der Waals surface area contributed by atoms with E-state index in [2.05, 4.69) is 4.90 Å². The number of sulfone groups is 1. The lowest BCUT2D eigenvalue weighted by Gasteiger charge is -2.12. The van der Waals surface area contributed by atoms with Gasteiger partial charge in [0.15, 0.2) is 0 Å². The number of phenolic OH excluding ortho intramolecular Hbond substituents is 1. The molecular formula is C24H23ClFNO3S. The van der Waals surface area contributed by atoms with Crippen LogP contribution in [-0.4, -0.2) is 38.6 Å². The second-order valence-corrected chi connectivity index (χ2v) is 10.3. The number of phenols is 1. The van der Waals surface area contributed by atoms with Gasteiger partial charge in [-0.1, -0.05) is 29.8 Å². The average molecular weight is 460 g/mol. The molecule has 0 radical (unpaired) electrons. The van der Waals surface area contributed by atoms with E-state index in [-0.39, 0.29) is 20.6 Å². The van der Waals surface area contributed by atoms with Crippen LogP contribution in [-0.2, 0) is 29.1 Å². The Morgan fingerprint density at radius 2 is 1.58 bits per heavy atom. The van der Waals surface area contributed by atoms with Gasteiger partial charge in [0.2, 0.25) is 9.84 Å². The normalized spacial score (nSPS) is 14.8. The van der Waals surface area contributed by atoms with Crippen molar-refractivity contribution in [2.75, 3.05) is 20.1 Å². The van der Waals surface area contributed by atoms with Gasteiger partial charge >= 0.3 is 0 Å². The van der Waals surface area contributed by atoms with Crippen molar-refractivity contribution in [2.45, 2.75) is 29.1 Å². The van der Waals surface area contributed by atoms with Crippen molar-refractivity contribution < 1.29 is 17.9 Å². The fourth-order valence-electron chi connectivity index (χ4n) is 3.87. The molecule has 162 valence electrons. The predicted octanol–water partition coefficient (Wildman–Crippen LogP) is 4.64. The molecule has 0 atom stereocenters. The number of benzene rings is 3. The molecule has 0 amide bonds. The van der Waals surface area contributed by atoms with Gasteiger partial charge in [-0.25, -0.2) is 12.8 Å². The Kier molecular flexibility index (Phi) is 6.06. The van der Waals surface area contributed by atoms with Crippen LogP contribution >= 0.6 is 11.6 Å². The van der Waals surface area contributed by atoms with Crippen molar-refractivity contribution >= 4 is 21.4 Å². The smallest absolute Gasteiger partial charge is 0.210 e. The molecular weight excluding hydrogens is 437 g/mol. The molecule has 0 fully saturated rings. The Labute approximate surface area is 186 Å². The van der Waals surface area contributed by atoms with Crippen LogP contribution in [0.5, 0.6) is 5.75 Å². The summed E-state index contributed by atoms with van der Waals surface area (Å²) in [5.41, 5.74) is 3.54. The quantitative estimate of drug-likeness (QED) is 0.617. The summed E-state index contributed by atoms with van der Waals surface area (Å²) in [5, 5.41) is 10.5. The molecule has 7 heteroatoms. The molecule has 0 aromatic heterocycles. The second kappa shape index (κ2) is 8.61. The van der Waals surface area contributed by atoms with Gasteiger partial charge in [-0.3, -0.25) is 0 Å². The molecule has 1 aliphatic rings. The standard InChI is InChI=1S/C24H23ClFNO3S/c1-27-10-8-18-14-23(28)24(15-19(18)9-11-27)31(29,30)20-5-2-16(3-6-20)12-17-4-7-21(25)22(26)13-17/h2-7,13-15,28H,8-12H2,1H3. The van der Waals surface area contributed by atoms with Crippen LogP contribution < -0.4 is 0 Å².